The van der Waals surface area contributed by atoms with Gasteiger partial charge in [-0.2, -0.15) is 0 Å². The summed E-state index contributed by atoms with van der Waals surface area (Å²) in [5, 5.41) is 11.5. The van der Waals surface area contributed by atoms with Crippen LogP contribution < -0.4 is 14.8 Å². The molecule has 6 nitrogen and oxygen atoms in total. The van der Waals surface area contributed by atoms with Crippen molar-refractivity contribution in [1.82, 2.24) is 20.1 Å². The highest BCUT2D eigenvalue weighted by molar-refractivity contribution is 6.32. The Kier molecular flexibility index (Phi) is 5.41. The van der Waals surface area contributed by atoms with Crippen LogP contribution >= 0.6 is 11.6 Å². The third kappa shape index (κ3) is 3.86. The van der Waals surface area contributed by atoms with E-state index in [1.165, 1.54) is 0 Å². The number of ether oxygens (including phenoxy) is 2. The molecular weight excluding hydrogens is 292 g/mol. The minimum absolute atomic E-state index is 0.277. The summed E-state index contributed by atoms with van der Waals surface area (Å²) in [4.78, 5) is 0. The van der Waals surface area contributed by atoms with Crippen LogP contribution in [0.4, 0.5) is 0 Å². The van der Waals surface area contributed by atoms with Gasteiger partial charge in [0.15, 0.2) is 17.3 Å². The van der Waals surface area contributed by atoms with Gasteiger partial charge in [0.2, 0.25) is 0 Å². The highest BCUT2D eigenvalue weighted by atomic mass is 35.5. The number of rotatable bonds is 7. The highest BCUT2D eigenvalue weighted by Gasteiger charge is 2.13. The molecule has 0 bridgehead atoms. The normalized spacial score (nSPS) is 10.7. The monoisotopic (exact) mass is 310 g/mol. The van der Waals surface area contributed by atoms with Gasteiger partial charge in [0.1, 0.15) is 12.9 Å². The topological polar surface area (TPSA) is 61.2 Å². The van der Waals surface area contributed by atoms with E-state index in [1.54, 1.807) is 18.0 Å². The molecule has 1 aromatic carbocycles. The van der Waals surface area contributed by atoms with Crippen molar-refractivity contribution in [2.75, 3.05) is 13.7 Å². The number of aryl methyl sites for hydroxylation is 1. The lowest BCUT2D eigenvalue weighted by Crippen LogP contribution is -2.12. The molecule has 2 aromatic rings. The number of benzene rings is 1. The first-order valence-corrected chi connectivity index (χ1v) is 7.06. The minimum Gasteiger partial charge on any atom is -0.493 e. The van der Waals surface area contributed by atoms with E-state index in [2.05, 4.69) is 22.4 Å². The SMILES string of the molecule is CCNCc1cc(Cl)c(OCc2nncn2C)c(OC)c1. The predicted octanol–water partition coefficient (Wildman–Crippen LogP) is 2.17. The van der Waals surface area contributed by atoms with Gasteiger partial charge in [-0.05, 0) is 24.2 Å². The van der Waals surface area contributed by atoms with Crippen molar-refractivity contribution in [1.29, 1.82) is 0 Å². The van der Waals surface area contributed by atoms with Gasteiger partial charge in [-0.15, -0.1) is 10.2 Å². The quantitative estimate of drug-likeness (QED) is 0.849. The summed E-state index contributed by atoms with van der Waals surface area (Å²) in [5.41, 5.74) is 1.05. The zero-order chi connectivity index (χ0) is 15.2. The Morgan fingerprint density at radius 3 is 2.81 bits per heavy atom. The molecular formula is C14H19ClN4O2. The molecule has 7 heteroatoms. The fourth-order valence-electron chi connectivity index (χ4n) is 1.86. The smallest absolute Gasteiger partial charge is 0.180 e. The average Bonchev–Trinajstić information content (AvgIpc) is 2.88. The number of hydrogen-bond donors (Lipinski definition) is 1. The molecule has 0 atom stereocenters. The number of methoxy groups -OCH3 is 1. The van der Waals surface area contributed by atoms with Crippen LogP contribution in [0.15, 0.2) is 18.5 Å². The molecule has 0 aliphatic heterocycles. The molecule has 0 fully saturated rings. The Morgan fingerprint density at radius 1 is 1.38 bits per heavy atom. The number of nitrogens with zero attached hydrogens (tertiary/aromatic N) is 3. The summed E-state index contributed by atoms with van der Waals surface area (Å²) >= 11 is 6.30. The molecule has 0 saturated carbocycles. The zero-order valence-electron chi connectivity index (χ0n) is 12.4. The van der Waals surface area contributed by atoms with Crippen molar-refractivity contribution in [3.63, 3.8) is 0 Å². The third-order valence-electron chi connectivity index (χ3n) is 3.02. The van der Waals surface area contributed by atoms with Crippen molar-refractivity contribution in [2.45, 2.75) is 20.1 Å². The van der Waals surface area contributed by atoms with Crippen molar-refractivity contribution >= 4 is 11.6 Å². The van der Waals surface area contributed by atoms with Crippen LogP contribution in [0.1, 0.15) is 18.3 Å². The Morgan fingerprint density at radius 2 is 2.19 bits per heavy atom. The molecule has 2 rings (SSSR count). The molecule has 0 saturated heterocycles. The van der Waals surface area contributed by atoms with Crippen LogP contribution in [-0.2, 0) is 20.2 Å². The fraction of sp³-hybridized carbons (Fsp3) is 0.429. The maximum atomic E-state index is 6.30. The van der Waals surface area contributed by atoms with Gasteiger partial charge >= 0.3 is 0 Å². The van der Waals surface area contributed by atoms with Gasteiger partial charge in [0.25, 0.3) is 0 Å². The summed E-state index contributed by atoms with van der Waals surface area (Å²) in [6, 6.07) is 3.79. The van der Waals surface area contributed by atoms with Gasteiger partial charge in [0.05, 0.1) is 12.1 Å². The number of aromatic nitrogens is 3. The van der Waals surface area contributed by atoms with Crippen LogP contribution in [-0.4, -0.2) is 28.4 Å². The summed E-state index contributed by atoms with van der Waals surface area (Å²) in [6.07, 6.45) is 1.62. The summed E-state index contributed by atoms with van der Waals surface area (Å²) in [6.45, 7) is 3.96. The Hall–Kier alpha value is -1.79. The van der Waals surface area contributed by atoms with Crippen molar-refractivity contribution in [2.24, 2.45) is 7.05 Å². The molecule has 1 N–H and O–H groups in total. The molecule has 114 valence electrons. The van der Waals surface area contributed by atoms with Crippen LogP contribution in [0.25, 0.3) is 0 Å². The summed E-state index contributed by atoms with van der Waals surface area (Å²) in [5.74, 6) is 1.84. The molecule has 0 aliphatic rings. The lowest BCUT2D eigenvalue weighted by Gasteiger charge is -2.14. The second kappa shape index (κ2) is 7.28. The Balaban J connectivity index is 2.16. The van der Waals surface area contributed by atoms with E-state index in [0.717, 1.165) is 18.7 Å². The second-order valence-electron chi connectivity index (χ2n) is 4.54. The lowest BCUT2D eigenvalue weighted by atomic mass is 10.2. The molecule has 0 unspecified atom stereocenters. The third-order valence-corrected chi connectivity index (χ3v) is 3.30. The van der Waals surface area contributed by atoms with Crippen LogP contribution in [0, 0.1) is 0 Å². The first-order chi connectivity index (χ1) is 10.2. The van der Waals surface area contributed by atoms with E-state index in [-0.39, 0.29) is 6.61 Å². The molecule has 0 radical (unpaired) electrons. The fourth-order valence-corrected chi connectivity index (χ4v) is 2.15. The summed E-state index contributed by atoms with van der Waals surface area (Å²) in [7, 11) is 3.45. The highest BCUT2D eigenvalue weighted by Crippen LogP contribution is 2.36. The summed E-state index contributed by atoms with van der Waals surface area (Å²) < 4.78 is 12.9. The molecule has 0 amide bonds. The lowest BCUT2D eigenvalue weighted by molar-refractivity contribution is 0.272. The van der Waals surface area contributed by atoms with Crippen LogP contribution in [0.3, 0.4) is 0 Å². The standard InChI is InChI=1S/C14H19ClN4O2/c1-4-16-7-10-5-11(15)14(12(6-10)20-3)21-8-13-18-17-9-19(13)2/h5-6,9,16H,4,7-8H2,1-3H3. The van der Waals surface area contributed by atoms with Crippen molar-refractivity contribution in [3.8, 4) is 11.5 Å². The van der Waals surface area contributed by atoms with E-state index in [4.69, 9.17) is 21.1 Å². The van der Waals surface area contributed by atoms with Gasteiger partial charge in [0, 0.05) is 13.6 Å². The first-order valence-electron chi connectivity index (χ1n) is 6.68. The number of hydrogen-bond acceptors (Lipinski definition) is 5. The maximum Gasteiger partial charge on any atom is 0.180 e. The van der Waals surface area contributed by atoms with Crippen LogP contribution in [0.5, 0.6) is 11.5 Å². The largest absolute Gasteiger partial charge is 0.493 e. The van der Waals surface area contributed by atoms with Gasteiger partial charge in [-0.3, -0.25) is 0 Å². The van der Waals surface area contributed by atoms with Gasteiger partial charge in [-0.1, -0.05) is 18.5 Å². The number of halogens is 1. The maximum absolute atomic E-state index is 6.30. The molecule has 0 spiro atoms. The van der Waals surface area contributed by atoms with Crippen molar-refractivity contribution in [3.05, 3.63) is 34.9 Å². The van der Waals surface area contributed by atoms with E-state index < -0.39 is 0 Å². The molecule has 1 aromatic heterocycles. The minimum atomic E-state index is 0.277. The van der Waals surface area contributed by atoms with Gasteiger partial charge < -0.3 is 19.4 Å². The van der Waals surface area contributed by atoms with E-state index in [9.17, 15) is 0 Å². The van der Waals surface area contributed by atoms with Crippen LogP contribution in [0.2, 0.25) is 5.02 Å². The van der Waals surface area contributed by atoms with Gasteiger partial charge in [-0.25, -0.2) is 0 Å². The first kappa shape index (κ1) is 15.6. The number of nitrogens with one attached hydrogen (secondary N) is 1. The molecule has 0 aliphatic carbocycles. The van der Waals surface area contributed by atoms with E-state index in [0.29, 0.717) is 22.3 Å². The average molecular weight is 311 g/mol. The van der Waals surface area contributed by atoms with E-state index >= 15 is 0 Å². The Labute approximate surface area is 129 Å². The molecule has 21 heavy (non-hydrogen) atoms. The van der Waals surface area contributed by atoms with E-state index in [1.807, 2.05) is 19.2 Å². The zero-order valence-corrected chi connectivity index (χ0v) is 13.1. The second-order valence-corrected chi connectivity index (χ2v) is 4.94. The molecule has 1 heterocycles. The van der Waals surface area contributed by atoms with Crippen molar-refractivity contribution < 1.29 is 9.47 Å². The Bertz CT molecular complexity index is 601. The predicted molar refractivity (Wildman–Crippen MR) is 80.7 cm³/mol.